The zero-order chi connectivity index (χ0) is 9.15. The van der Waals surface area contributed by atoms with E-state index >= 15 is 0 Å². The average Bonchev–Trinajstić information content (AvgIpc) is 2.31. The minimum atomic E-state index is -3.62. The maximum Gasteiger partial charge on any atom is 0.254 e. The van der Waals surface area contributed by atoms with Crippen LogP contribution in [0.2, 0.25) is 0 Å². The van der Waals surface area contributed by atoms with Gasteiger partial charge in [-0.15, -0.1) is 0 Å². The van der Waals surface area contributed by atoms with Gasteiger partial charge in [-0.3, -0.25) is 0 Å². The summed E-state index contributed by atoms with van der Waals surface area (Å²) in [6, 6.07) is 0. The number of rotatable bonds is 1. The second kappa shape index (κ2) is 2.12. The Bertz CT molecular complexity index is 300. The van der Waals surface area contributed by atoms with E-state index < -0.39 is 32.1 Å². The summed E-state index contributed by atoms with van der Waals surface area (Å²) in [6.07, 6.45) is 0.0625. The summed E-state index contributed by atoms with van der Waals surface area (Å²) in [7, 11) is 1.43. The van der Waals surface area contributed by atoms with Crippen molar-refractivity contribution in [2.45, 2.75) is 24.0 Å². The van der Waals surface area contributed by atoms with Crippen molar-refractivity contribution in [1.82, 2.24) is 0 Å². The van der Waals surface area contributed by atoms with E-state index in [0.29, 0.717) is 0 Å². The topological polar surface area (TPSA) is 34.1 Å². The van der Waals surface area contributed by atoms with Crippen molar-refractivity contribution in [3.63, 3.8) is 0 Å². The molecule has 12 heavy (non-hydrogen) atoms. The fraction of sp³-hybridized carbons (Fsp3) is 1.00. The molecule has 0 radical (unpaired) electrons. The first-order valence-corrected chi connectivity index (χ1v) is 6.02. The van der Waals surface area contributed by atoms with Crippen molar-refractivity contribution in [1.29, 1.82) is 0 Å². The molecular formula is C6H7ClF2O2S. The lowest BCUT2D eigenvalue weighted by atomic mass is 10.2. The summed E-state index contributed by atoms with van der Waals surface area (Å²) in [5.41, 5.74) is 0. The molecule has 0 heterocycles. The summed E-state index contributed by atoms with van der Waals surface area (Å²) in [5.74, 6) is -4.06. The Labute approximate surface area is 73.3 Å². The molecule has 2 atom stereocenters. The van der Waals surface area contributed by atoms with Crippen LogP contribution in [0.3, 0.4) is 0 Å². The van der Waals surface area contributed by atoms with Gasteiger partial charge in [0.1, 0.15) is 0 Å². The van der Waals surface area contributed by atoms with Gasteiger partial charge in [-0.2, -0.15) is 0 Å². The van der Waals surface area contributed by atoms with E-state index in [4.69, 9.17) is 10.7 Å². The zero-order valence-electron chi connectivity index (χ0n) is 6.00. The number of hydrogen-bond acceptors (Lipinski definition) is 2. The lowest BCUT2D eigenvalue weighted by Gasteiger charge is -2.09. The van der Waals surface area contributed by atoms with E-state index in [1.54, 1.807) is 0 Å². The third kappa shape index (κ3) is 1.06. The highest BCUT2D eigenvalue weighted by Crippen LogP contribution is 2.65. The average molecular weight is 217 g/mol. The quantitative estimate of drug-likeness (QED) is 0.624. The predicted molar refractivity (Wildman–Crippen MR) is 39.7 cm³/mol. The summed E-state index contributed by atoms with van der Waals surface area (Å²) in [6.45, 7) is 0. The molecule has 2 aliphatic carbocycles. The molecule has 0 bridgehead atoms. The SMILES string of the molecule is O=S(=O)(Cl)C1CC2C(C1)C2(F)F. The molecule has 2 nitrogen and oxygen atoms in total. The Hall–Kier alpha value is 0.1000. The second-order valence-corrected chi connectivity index (χ2v) is 6.36. The molecule has 2 rings (SSSR count). The predicted octanol–water partition coefficient (Wildman–Crippen LogP) is 1.60. The van der Waals surface area contributed by atoms with Crippen LogP contribution in [0.4, 0.5) is 8.78 Å². The Balaban J connectivity index is 2.08. The Kier molecular flexibility index (Phi) is 1.54. The molecule has 2 fully saturated rings. The lowest BCUT2D eigenvalue weighted by molar-refractivity contribution is 0.0734. The largest absolute Gasteiger partial charge is 0.254 e. The number of hydrogen-bond donors (Lipinski definition) is 0. The molecule has 0 aromatic heterocycles. The Morgan fingerprint density at radius 3 is 2.00 bits per heavy atom. The Morgan fingerprint density at radius 2 is 1.67 bits per heavy atom. The minimum Gasteiger partial charge on any atom is -0.212 e. The van der Waals surface area contributed by atoms with Crippen LogP contribution in [-0.2, 0) is 9.05 Å². The molecule has 2 aliphatic rings. The summed E-state index contributed by atoms with van der Waals surface area (Å²) in [5, 5.41) is -0.742. The smallest absolute Gasteiger partial charge is 0.212 e. The monoisotopic (exact) mass is 216 g/mol. The summed E-state index contributed by atoms with van der Waals surface area (Å²) in [4.78, 5) is 0. The van der Waals surface area contributed by atoms with Crippen molar-refractivity contribution >= 4 is 19.7 Å². The van der Waals surface area contributed by atoms with Crippen LogP contribution in [0.25, 0.3) is 0 Å². The third-order valence-electron chi connectivity index (χ3n) is 2.80. The molecule has 0 spiro atoms. The maximum atomic E-state index is 12.6. The second-order valence-electron chi connectivity index (χ2n) is 3.46. The van der Waals surface area contributed by atoms with Gasteiger partial charge in [0.05, 0.1) is 5.25 Å². The Morgan fingerprint density at radius 1 is 1.25 bits per heavy atom. The van der Waals surface area contributed by atoms with Crippen LogP contribution in [0, 0.1) is 11.8 Å². The number of halogens is 3. The van der Waals surface area contributed by atoms with Crippen LogP contribution >= 0.6 is 10.7 Å². The molecule has 0 aromatic carbocycles. The molecule has 2 saturated carbocycles. The van der Waals surface area contributed by atoms with E-state index in [-0.39, 0.29) is 12.8 Å². The number of fused-ring (bicyclic) bond motifs is 1. The highest BCUT2D eigenvalue weighted by Gasteiger charge is 2.72. The van der Waals surface area contributed by atoms with Gasteiger partial charge in [0, 0.05) is 22.5 Å². The van der Waals surface area contributed by atoms with Gasteiger partial charge in [0.25, 0.3) is 5.92 Å². The summed E-state index contributed by atoms with van der Waals surface area (Å²) < 4.78 is 46.6. The summed E-state index contributed by atoms with van der Waals surface area (Å²) >= 11 is 0. The van der Waals surface area contributed by atoms with Crippen LogP contribution in [0.1, 0.15) is 12.8 Å². The molecule has 0 aliphatic heterocycles. The van der Waals surface area contributed by atoms with E-state index in [9.17, 15) is 17.2 Å². The van der Waals surface area contributed by atoms with E-state index in [2.05, 4.69) is 0 Å². The normalized spacial score (nSPS) is 44.1. The van der Waals surface area contributed by atoms with Crippen molar-refractivity contribution in [2.24, 2.45) is 11.8 Å². The van der Waals surface area contributed by atoms with E-state index in [0.717, 1.165) is 0 Å². The van der Waals surface area contributed by atoms with Gasteiger partial charge in [-0.1, -0.05) is 0 Å². The van der Waals surface area contributed by atoms with E-state index in [1.807, 2.05) is 0 Å². The fourth-order valence-corrected chi connectivity index (χ4v) is 3.31. The first-order valence-electron chi connectivity index (χ1n) is 3.64. The van der Waals surface area contributed by atoms with Crippen molar-refractivity contribution in [2.75, 3.05) is 0 Å². The maximum absolute atomic E-state index is 12.6. The molecule has 6 heteroatoms. The van der Waals surface area contributed by atoms with Crippen molar-refractivity contribution in [3.8, 4) is 0 Å². The highest BCUT2D eigenvalue weighted by atomic mass is 35.7. The molecule has 70 valence electrons. The first-order chi connectivity index (χ1) is 5.33. The van der Waals surface area contributed by atoms with Crippen LogP contribution in [0.5, 0.6) is 0 Å². The standard InChI is InChI=1S/C6H7ClF2O2S/c7-12(10,11)3-1-4-5(2-3)6(4,8)9/h3-5H,1-2H2. The third-order valence-corrected chi connectivity index (χ3v) is 4.73. The van der Waals surface area contributed by atoms with Gasteiger partial charge in [-0.05, 0) is 12.8 Å². The van der Waals surface area contributed by atoms with Crippen LogP contribution < -0.4 is 0 Å². The van der Waals surface area contributed by atoms with Gasteiger partial charge < -0.3 is 0 Å². The van der Waals surface area contributed by atoms with Crippen molar-refractivity contribution in [3.05, 3.63) is 0 Å². The first kappa shape index (κ1) is 8.69. The minimum absolute atomic E-state index is 0.0312. The molecule has 0 N–H and O–H groups in total. The molecule has 2 unspecified atom stereocenters. The number of alkyl halides is 2. The van der Waals surface area contributed by atoms with E-state index in [1.165, 1.54) is 0 Å². The molecule has 0 amide bonds. The fourth-order valence-electron chi connectivity index (χ4n) is 2.00. The molecule has 0 saturated heterocycles. The van der Waals surface area contributed by atoms with Gasteiger partial charge >= 0.3 is 0 Å². The zero-order valence-corrected chi connectivity index (χ0v) is 7.58. The molecule has 0 aromatic rings. The van der Waals surface area contributed by atoms with Crippen LogP contribution in [0.15, 0.2) is 0 Å². The highest BCUT2D eigenvalue weighted by molar-refractivity contribution is 8.14. The van der Waals surface area contributed by atoms with Gasteiger partial charge in [0.15, 0.2) is 0 Å². The van der Waals surface area contributed by atoms with Gasteiger partial charge in [0.2, 0.25) is 9.05 Å². The van der Waals surface area contributed by atoms with Crippen molar-refractivity contribution < 1.29 is 17.2 Å². The van der Waals surface area contributed by atoms with Gasteiger partial charge in [-0.25, -0.2) is 17.2 Å². The molecular weight excluding hydrogens is 210 g/mol. The lowest BCUT2D eigenvalue weighted by Crippen LogP contribution is -2.18. The van der Waals surface area contributed by atoms with Crippen LogP contribution in [-0.4, -0.2) is 19.6 Å².